The molecule has 2 aromatic rings. The first-order valence-corrected chi connectivity index (χ1v) is 7.53. The molecule has 6 heteroatoms. The Morgan fingerprint density at radius 1 is 0.947 bits per heavy atom. The van der Waals surface area contributed by atoms with Gasteiger partial charge in [-0.05, 0) is 68.3 Å². The summed E-state index contributed by atoms with van der Waals surface area (Å²) in [6.45, 7) is 0. The zero-order chi connectivity index (χ0) is 14.0. The minimum Gasteiger partial charge on any atom is -0.322 e. The normalized spacial score (nSPS) is 10.3. The lowest BCUT2D eigenvalue weighted by Gasteiger charge is -2.07. The van der Waals surface area contributed by atoms with E-state index in [1.807, 2.05) is 0 Å². The van der Waals surface area contributed by atoms with E-state index in [0.717, 1.165) is 4.47 Å². The van der Waals surface area contributed by atoms with E-state index in [9.17, 15) is 4.79 Å². The minimum atomic E-state index is -0.226. The highest BCUT2D eigenvalue weighted by Gasteiger charge is 2.09. The van der Waals surface area contributed by atoms with Crippen LogP contribution in [0.25, 0.3) is 0 Å². The fraction of sp³-hybridized carbons (Fsp3) is 0. The first kappa shape index (κ1) is 14.9. The number of nitrogens with one attached hydrogen (secondary N) is 1. The van der Waals surface area contributed by atoms with Crippen LogP contribution < -0.4 is 5.32 Å². The highest BCUT2D eigenvalue weighted by Crippen LogP contribution is 2.27. The number of benzene rings is 2. The average molecular weight is 424 g/mol. The number of hydrogen-bond acceptors (Lipinski definition) is 1. The van der Waals surface area contributed by atoms with Gasteiger partial charge in [0.2, 0.25) is 0 Å². The van der Waals surface area contributed by atoms with E-state index < -0.39 is 0 Å². The molecule has 0 aromatic heterocycles. The van der Waals surface area contributed by atoms with E-state index >= 15 is 0 Å². The van der Waals surface area contributed by atoms with E-state index in [-0.39, 0.29) is 5.91 Å². The Morgan fingerprint density at radius 3 is 2.32 bits per heavy atom. The number of amides is 1. The summed E-state index contributed by atoms with van der Waals surface area (Å²) < 4.78 is 1.46. The van der Waals surface area contributed by atoms with Gasteiger partial charge in [0.25, 0.3) is 5.91 Å². The number of hydrogen-bond donors (Lipinski definition) is 1. The monoisotopic (exact) mass is 421 g/mol. The maximum absolute atomic E-state index is 12.0. The molecule has 0 aliphatic heterocycles. The quantitative estimate of drug-likeness (QED) is 0.652. The first-order valence-electron chi connectivity index (χ1n) is 5.19. The highest BCUT2D eigenvalue weighted by molar-refractivity contribution is 9.10. The molecule has 2 rings (SSSR count). The van der Waals surface area contributed by atoms with Crippen molar-refractivity contribution in [2.45, 2.75) is 0 Å². The minimum absolute atomic E-state index is 0.226. The summed E-state index contributed by atoms with van der Waals surface area (Å²) in [7, 11) is 0. The average Bonchev–Trinajstić information content (AvgIpc) is 2.37. The molecule has 0 heterocycles. The molecule has 2 aromatic carbocycles. The van der Waals surface area contributed by atoms with Crippen LogP contribution in [0, 0.1) is 0 Å². The predicted octanol–water partition coefficient (Wildman–Crippen LogP) is 5.77. The van der Waals surface area contributed by atoms with Gasteiger partial charge in [0.15, 0.2) is 0 Å². The molecule has 0 spiro atoms. The molecule has 0 radical (unpaired) electrons. The first-order chi connectivity index (χ1) is 8.97. The fourth-order valence-electron chi connectivity index (χ4n) is 1.41. The van der Waals surface area contributed by atoms with Gasteiger partial charge in [0.1, 0.15) is 0 Å². The molecule has 0 fully saturated rings. The van der Waals surface area contributed by atoms with Gasteiger partial charge < -0.3 is 5.32 Å². The second-order valence-electron chi connectivity index (χ2n) is 3.71. The van der Waals surface area contributed by atoms with Crippen molar-refractivity contribution in [3.63, 3.8) is 0 Å². The van der Waals surface area contributed by atoms with Gasteiger partial charge in [-0.15, -0.1) is 0 Å². The Kier molecular flexibility index (Phi) is 4.90. The van der Waals surface area contributed by atoms with E-state index in [2.05, 4.69) is 37.2 Å². The Hall–Kier alpha value is -0.550. The van der Waals surface area contributed by atoms with Crippen molar-refractivity contribution in [2.75, 3.05) is 5.32 Å². The van der Waals surface area contributed by atoms with Gasteiger partial charge in [-0.1, -0.05) is 23.2 Å². The summed E-state index contributed by atoms with van der Waals surface area (Å²) in [6.07, 6.45) is 0. The van der Waals surface area contributed by atoms with Crippen LogP contribution in [0.5, 0.6) is 0 Å². The summed E-state index contributed by atoms with van der Waals surface area (Å²) in [6, 6.07) is 10.2. The molecule has 0 atom stereocenters. The van der Waals surface area contributed by atoms with Gasteiger partial charge in [0, 0.05) is 20.2 Å². The summed E-state index contributed by atoms with van der Waals surface area (Å²) in [5.74, 6) is -0.226. The summed E-state index contributed by atoms with van der Waals surface area (Å²) in [4.78, 5) is 12.0. The van der Waals surface area contributed by atoms with Crippen molar-refractivity contribution in [2.24, 2.45) is 0 Å². The number of halogens is 4. The second-order valence-corrected chi connectivity index (χ2v) is 6.23. The van der Waals surface area contributed by atoms with Crippen molar-refractivity contribution < 1.29 is 4.79 Å². The van der Waals surface area contributed by atoms with Crippen LogP contribution in [0.4, 0.5) is 5.69 Å². The van der Waals surface area contributed by atoms with Gasteiger partial charge >= 0.3 is 0 Å². The molecule has 1 N–H and O–H groups in total. The number of anilines is 1. The molecular formula is C13H7Br2Cl2NO. The van der Waals surface area contributed by atoms with E-state index in [1.165, 1.54) is 0 Å². The summed E-state index contributed by atoms with van der Waals surface area (Å²) >= 11 is 18.4. The van der Waals surface area contributed by atoms with Crippen molar-refractivity contribution in [3.8, 4) is 0 Å². The van der Waals surface area contributed by atoms with Crippen LogP contribution >= 0.6 is 55.1 Å². The third-order valence-corrected chi connectivity index (χ3v) is 4.81. The summed E-state index contributed by atoms with van der Waals surface area (Å²) in [5, 5.41) is 3.86. The number of carbonyl (C=O) groups excluding carboxylic acids is 1. The Bertz CT molecular complexity index is 647. The van der Waals surface area contributed by atoms with Gasteiger partial charge in [-0.3, -0.25) is 4.79 Å². The number of carbonyl (C=O) groups is 1. The topological polar surface area (TPSA) is 29.1 Å². The predicted molar refractivity (Wildman–Crippen MR) is 86.3 cm³/mol. The standard InChI is InChI=1S/C13H7Br2Cl2NO/c14-9-3-2-8(6-12(9)17)18-13(19)7-1-4-11(16)10(15)5-7/h1-6H,(H,18,19). The van der Waals surface area contributed by atoms with Crippen LogP contribution in [0.1, 0.15) is 10.4 Å². The van der Waals surface area contributed by atoms with E-state index in [1.54, 1.807) is 36.4 Å². The molecule has 2 nitrogen and oxygen atoms in total. The zero-order valence-electron chi connectivity index (χ0n) is 9.38. The van der Waals surface area contributed by atoms with Crippen molar-refractivity contribution >= 4 is 66.7 Å². The van der Waals surface area contributed by atoms with Crippen LogP contribution in [-0.4, -0.2) is 5.91 Å². The van der Waals surface area contributed by atoms with Crippen molar-refractivity contribution in [3.05, 3.63) is 61.0 Å². The zero-order valence-corrected chi connectivity index (χ0v) is 14.1. The highest BCUT2D eigenvalue weighted by atomic mass is 79.9. The molecule has 1 amide bonds. The fourth-order valence-corrected chi connectivity index (χ4v) is 2.34. The molecule has 0 aliphatic rings. The lowest BCUT2D eigenvalue weighted by molar-refractivity contribution is 0.102. The van der Waals surface area contributed by atoms with Crippen molar-refractivity contribution in [1.29, 1.82) is 0 Å². The van der Waals surface area contributed by atoms with Crippen LogP contribution in [-0.2, 0) is 0 Å². The molecule has 0 aliphatic carbocycles. The van der Waals surface area contributed by atoms with E-state index in [4.69, 9.17) is 23.2 Å². The molecule has 0 saturated heterocycles. The third-order valence-electron chi connectivity index (χ3n) is 2.36. The maximum Gasteiger partial charge on any atom is 0.255 e. The maximum atomic E-state index is 12.0. The molecular weight excluding hydrogens is 417 g/mol. The van der Waals surface area contributed by atoms with Crippen molar-refractivity contribution in [1.82, 2.24) is 0 Å². The smallest absolute Gasteiger partial charge is 0.255 e. The second kappa shape index (κ2) is 6.27. The molecule has 98 valence electrons. The van der Waals surface area contributed by atoms with Crippen LogP contribution in [0.3, 0.4) is 0 Å². The summed E-state index contributed by atoms with van der Waals surface area (Å²) in [5.41, 5.74) is 1.14. The van der Waals surface area contributed by atoms with Gasteiger partial charge in [0.05, 0.1) is 10.0 Å². The molecule has 0 unspecified atom stereocenters. The SMILES string of the molecule is O=C(Nc1ccc(Br)c(Cl)c1)c1ccc(Cl)c(Br)c1. The Labute approximate surface area is 137 Å². The van der Waals surface area contributed by atoms with Gasteiger partial charge in [-0.25, -0.2) is 0 Å². The molecule has 19 heavy (non-hydrogen) atoms. The third kappa shape index (κ3) is 3.72. The van der Waals surface area contributed by atoms with E-state index in [0.29, 0.717) is 25.8 Å². The Morgan fingerprint density at radius 2 is 1.68 bits per heavy atom. The number of rotatable bonds is 2. The lowest BCUT2D eigenvalue weighted by atomic mass is 10.2. The Balaban J connectivity index is 2.20. The molecule has 0 bridgehead atoms. The molecule has 0 saturated carbocycles. The van der Waals surface area contributed by atoms with Gasteiger partial charge in [-0.2, -0.15) is 0 Å². The lowest BCUT2D eigenvalue weighted by Crippen LogP contribution is -2.11. The van der Waals surface area contributed by atoms with Crippen LogP contribution in [0.2, 0.25) is 10.0 Å². The largest absolute Gasteiger partial charge is 0.322 e. The van der Waals surface area contributed by atoms with Crippen LogP contribution in [0.15, 0.2) is 45.3 Å².